The van der Waals surface area contributed by atoms with Gasteiger partial charge in [0, 0.05) is 6.42 Å². The van der Waals surface area contributed by atoms with Gasteiger partial charge in [-0.2, -0.15) is 0 Å². The second kappa shape index (κ2) is 29.4. The van der Waals surface area contributed by atoms with Crippen LogP contribution in [0.3, 0.4) is 0 Å². The van der Waals surface area contributed by atoms with Crippen molar-refractivity contribution in [3.05, 3.63) is 0 Å². The molecule has 0 aromatic carbocycles. The van der Waals surface area contributed by atoms with Gasteiger partial charge in [0.05, 0.1) is 40.4 Å². The number of hydrogen-bond donors (Lipinski definition) is 0. The van der Waals surface area contributed by atoms with Gasteiger partial charge in [-0.3, -0.25) is 0 Å². The van der Waals surface area contributed by atoms with Crippen molar-refractivity contribution in [2.24, 2.45) is 0 Å². The van der Waals surface area contributed by atoms with Gasteiger partial charge >= 0.3 is 5.97 Å². The third kappa shape index (κ3) is 30.1. The van der Waals surface area contributed by atoms with Crippen molar-refractivity contribution in [2.75, 3.05) is 47.0 Å². The summed E-state index contributed by atoms with van der Waals surface area (Å²) in [6, 6.07) is 0. The third-order valence-corrected chi connectivity index (χ3v) is 7.19. The van der Waals surface area contributed by atoms with E-state index in [0.717, 1.165) is 17.4 Å². The van der Waals surface area contributed by atoms with E-state index in [1.807, 2.05) is 6.92 Å². The number of rotatable bonds is 28. The molecule has 0 spiro atoms. The van der Waals surface area contributed by atoms with Crippen molar-refractivity contribution in [1.29, 1.82) is 0 Å². The average Bonchev–Trinajstić information content (AvgIpc) is 2.82. The number of carbonyl (C=O) groups is 1. The van der Waals surface area contributed by atoms with Crippen LogP contribution in [0, 0.1) is 0 Å². The molecule has 0 aromatic rings. The van der Waals surface area contributed by atoms with Gasteiger partial charge in [0.2, 0.25) is 0 Å². The molecule has 0 heterocycles. The summed E-state index contributed by atoms with van der Waals surface area (Å²) in [6.45, 7) is 7.59. The quantitative estimate of drug-likeness (QED) is 0.0663. The Labute approximate surface area is 237 Å². The van der Waals surface area contributed by atoms with E-state index >= 15 is 0 Å². The summed E-state index contributed by atoms with van der Waals surface area (Å²) >= 11 is 0. The number of quaternary nitrogens is 1. The first-order chi connectivity index (χ1) is 17.0. The highest BCUT2D eigenvalue weighted by Crippen LogP contribution is 2.15. The first kappa shape index (κ1) is 38.0. The predicted molar refractivity (Wildman–Crippen MR) is 152 cm³/mol. The minimum absolute atomic E-state index is 0. The van der Waals surface area contributed by atoms with Gasteiger partial charge in [-0.25, -0.2) is 4.79 Å². The van der Waals surface area contributed by atoms with Gasteiger partial charge in [0.15, 0.2) is 0 Å². The number of hydrogen-bond acceptors (Lipinski definition) is 3. The minimum atomic E-state index is -0.259. The molecule has 36 heavy (non-hydrogen) atoms. The SMILES string of the molecule is CCCCCCCCCCCCCCCCCCCCCC[N+](C)(C)CCCOCC(=O)OCC.[Br-]. The standard InChI is InChI=1S/C31H64NO3.BrH/c1-5-7-8-9-10-11-12-13-14-15-16-17-18-19-20-21-22-23-24-25-27-32(3,4)28-26-29-34-30-31(33)35-6-2;/h5-30H2,1-4H3;1H/q+1;/p-1. The van der Waals surface area contributed by atoms with Gasteiger partial charge < -0.3 is 30.9 Å². The maximum atomic E-state index is 11.3. The second-order valence-corrected chi connectivity index (χ2v) is 11.3. The van der Waals surface area contributed by atoms with Crippen LogP contribution in [0.1, 0.15) is 149 Å². The van der Waals surface area contributed by atoms with Crippen molar-refractivity contribution in [1.82, 2.24) is 0 Å². The van der Waals surface area contributed by atoms with E-state index in [9.17, 15) is 4.79 Å². The average molecular weight is 579 g/mol. The monoisotopic (exact) mass is 577 g/mol. The van der Waals surface area contributed by atoms with Crippen LogP contribution in [0.25, 0.3) is 0 Å². The largest absolute Gasteiger partial charge is 1.00 e. The van der Waals surface area contributed by atoms with Crippen LogP contribution in [0.5, 0.6) is 0 Å². The molecule has 5 heteroatoms. The summed E-state index contributed by atoms with van der Waals surface area (Å²) < 4.78 is 11.3. The van der Waals surface area contributed by atoms with Crippen LogP contribution in [0.2, 0.25) is 0 Å². The number of unbranched alkanes of at least 4 members (excludes halogenated alkanes) is 19. The molecule has 0 radical (unpaired) electrons. The van der Waals surface area contributed by atoms with Gasteiger partial charge in [0.1, 0.15) is 6.61 Å². The van der Waals surface area contributed by atoms with E-state index in [1.165, 1.54) is 135 Å². The molecule has 0 aromatic heterocycles. The van der Waals surface area contributed by atoms with Crippen molar-refractivity contribution in [3.8, 4) is 0 Å². The summed E-state index contributed by atoms with van der Waals surface area (Å²) in [6.07, 6.45) is 29.6. The van der Waals surface area contributed by atoms with E-state index in [1.54, 1.807) is 0 Å². The topological polar surface area (TPSA) is 35.5 Å². The summed E-state index contributed by atoms with van der Waals surface area (Å²) in [5.41, 5.74) is 0. The number of halogens is 1. The lowest BCUT2D eigenvalue weighted by Gasteiger charge is -2.29. The maximum absolute atomic E-state index is 11.3. The Morgan fingerprint density at radius 1 is 0.556 bits per heavy atom. The molecule has 0 saturated carbocycles. The van der Waals surface area contributed by atoms with E-state index in [-0.39, 0.29) is 29.6 Å². The Morgan fingerprint density at radius 3 is 1.31 bits per heavy atom. The van der Waals surface area contributed by atoms with Crippen LogP contribution >= 0.6 is 0 Å². The van der Waals surface area contributed by atoms with Gasteiger partial charge in [-0.15, -0.1) is 0 Å². The highest BCUT2D eigenvalue weighted by Gasteiger charge is 2.14. The summed E-state index contributed by atoms with van der Waals surface area (Å²) in [7, 11) is 4.61. The zero-order valence-corrected chi connectivity index (χ0v) is 26.5. The molecule has 0 fully saturated rings. The summed E-state index contributed by atoms with van der Waals surface area (Å²) in [4.78, 5) is 11.3. The molecular formula is C31H64BrNO3. The number of esters is 1. The Hall–Kier alpha value is -0.130. The fourth-order valence-corrected chi connectivity index (χ4v) is 4.86. The molecule has 0 aliphatic rings. The smallest absolute Gasteiger partial charge is 0.332 e. The van der Waals surface area contributed by atoms with Crippen LogP contribution < -0.4 is 17.0 Å². The highest BCUT2D eigenvalue weighted by molar-refractivity contribution is 5.70. The first-order valence-electron chi connectivity index (χ1n) is 15.6. The first-order valence-corrected chi connectivity index (χ1v) is 15.6. The fraction of sp³-hybridized carbons (Fsp3) is 0.968. The maximum Gasteiger partial charge on any atom is 0.332 e. The molecule has 0 atom stereocenters. The number of ether oxygens (including phenoxy) is 2. The molecule has 0 unspecified atom stereocenters. The molecule has 0 rings (SSSR count). The van der Waals surface area contributed by atoms with Crippen LogP contribution in [-0.2, 0) is 14.3 Å². The molecular weight excluding hydrogens is 514 g/mol. The van der Waals surface area contributed by atoms with E-state index < -0.39 is 0 Å². The van der Waals surface area contributed by atoms with Gasteiger partial charge in [0.25, 0.3) is 0 Å². The molecule has 0 saturated heterocycles. The third-order valence-electron chi connectivity index (χ3n) is 7.19. The zero-order chi connectivity index (χ0) is 25.9. The van der Waals surface area contributed by atoms with Crippen LogP contribution in [-0.4, -0.2) is 57.5 Å². The van der Waals surface area contributed by atoms with E-state index in [2.05, 4.69) is 21.0 Å². The summed E-state index contributed by atoms with van der Waals surface area (Å²) in [5, 5.41) is 0. The highest BCUT2D eigenvalue weighted by atomic mass is 79.9. The number of nitrogens with zero attached hydrogens (tertiary/aromatic N) is 1. The number of carbonyl (C=O) groups excluding carboxylic acids is 1. The molecule has 0 bridgehead atoms. The molecule has 0 amide bonds. The summed E-state index contributed by atoms with van der Waals surface area (Å²) in [5.74, 6) is -0.259. The lowest BCUT2D eigenvalue weighted by molar-refractivity contribution is -0.890. The minimum Gasteiger partial charge on any atom is -1.00 e. The van der Waals surface area contributed by atoms with Gasteiger partial charge in [-0.1, -0.05) is 122 Å². The zero-order valence-electron chi connectivity index (χ0n) is 24.9. The Morgan fingerprint density at radius 2 is 0.917 bits per heavy atom. The van der Waals surface area contributed by atoms with E-state index in [4.69, 9.17) is 9.47 Å². The van der Waals surface area contributed by atoms with Crippen molar-refractivity contribution in [2.45, 2.75) is 149 Å². The normalized spacial score (nSPS) is 11.4. The lowest BCUT2D eigenvalue weighted by Crippen LogP contribution is -3.00. The predicted octanol–water partition coefficient (Wildman–Crippen LogP) is 5.86. The lowest BCUT2D eigenvalue weighted by atomic mass is 10.0. The fourth-order valence-electron chi connectivity index (χ4n) is 4.86. The Kier molecular flexibility index (Phi) is 31.1. The molecule has 0 aliphatic heterocycles. The molecule has 0 aliphatic carbocycles. The van der Waals surface area contributed by atoms with Gasteiger partial charge in [-0.05, 0) is 19.8 Å². The molecule has 4 nitrogen and oxygen atoms in total. The van der Waals surface area contributed by atoms with Crippen molar-refractivity contribution in [3.63, 3.8) is 0 Å². The van der Waals surface area contributed by atoms with Crippen molar-refractivity contribution < 1.29 is 35.7 Å². The molecule has 218 valence electrons. The Balaban J connectivity index is 0. The van der Waals surface area contributed by atoms with Crippen molar-refractivity contribution >= 4 is 5.97 Å². The van der Waals surface area contributed by atoms with E-state index in [0.29, 0.717) is 13.2 Å². The van der Waals surface area contributed by atoms with Crippen LogP contribution in [0.15, 0.2) is 0 Å². The molecule has 0 N–H and O–H groups in total. The Bertz CT molecular complexity index is 446. The van der Waals surface area contributed by atoms with Crippen LogP contribution in [0.4, 0.5) is 0 Å². The second-order valence-electron chi connectivity index (χ2n) is 11.3.